The van der Waals surface area contributed by atoms with Crippen LogP contribution in [-0.2, 0) is 6.42 Å². The molecule has 0 saturated heterocycles. The first-order valence-electron chi connectivity index (χ1n) is 7.80. The summed E-state index contributed by atoms with van der Waals surface area (Å²) in [5.74, 6) is 0.851. The van der Waals surface area contributed by atoms with Gasteiger partial charge < -0.3 is 10.4 Å². The Bertz CT molecular complexity index is 1100. The summed E-state index contributed by atoms with van der Waals surface area (Å²) < 4.78 is 14.9. The molecule has 130 valence electrons. The van der Waals surface area contributed by atoms with Crippen molar-refractivity contribution in [3.8, 4) is 5.75 Å². The van der Waals surface area contributed by atoms with Gasteiger partial charge in [-0.05, 0) is 48.0 Å². The summed E-state index contributed by atoms with van der Waals surface area (Å²) in [6.07, 6.45) is 0.442. The first kappa shape index (κ1) is 16.3. The van der Waals surface area contributed by atoms with Crippen molar-refractivity contribution in [3.63, 3.8) is 0 Å². The van der Waals surface area contributed by atoms with Crippen molar-refractivity contribution >= 4 is 28.8 Å². The van der Waals surface area contributed by atoms with Gasteiger partial charge >= 0.3 is 0 Å². The van der Waals surface area contributed by atoms with Crippen LogP contribution < -0.4 is 5.32 Å². The van der Waals surface area contributed by atoms with Gasteiger partial charge in [0.25, 0.3) is 0 Å². The number of nitrogens with one attached hydrogen (secondary N) is 1. The van der Waals surface area contributed by atoms with Gasteiger partial charge in [0.1, 0.15) is 11.6 Å². The summed E-state index contributed by atoms with van der Waals surface area (Å²) in [5.41, 5.74) is 2.05. The lowest BCUT2D eigenvalue weighted by Crippen LogP contribution is -2.03. The molecule has 0 saturated carbocycles. The maximum Gasteiger partial charge on any atom is 0.178 e. The lowest BCUT2D eigenvalue weighted by Gasteiger charge is -2.07. The van der Waals surface area contributed by atoms with Gasteiger partial charge in [0.05, 0.1) is 5.02 Å². The van der Waals surface area contributed by atoms with E-state index in [1.165, 1.54) is 18.2 Å². The summed E-state index contributed by atoms with van der Waals surface area (Å²) in [7, 11) is 0. The maximum absolute atomic E-state index is 13.3. The minimum Gasteiger partial charge on any atom is -0.506 e. The number of rotatable bonds is 4. The summed E-state index contributed by atoms with van der Waals surface area (Å²) in [4.78, 5) is 0. The number of hydrogen-bond donors (Lipinski definition) is 2. The zero-order valence-electron chi connectivity index (χ0n) is 13.4. The fourth-order valence-electron chi connectivity index (χ4n) is 2.57. The van der Waals surface area contributed by atoms with E-state index in [0.29, 0.717) is 29.4 Å². The fraction of sp³-hybridized carbons (Fsp3) is 0.0556. The van der Waals surface area contributed by atoms with Gasteiger partial charge in [-0.15, -0.1) is 15.3 Å². The van der Waals surface area contributed by atoms with E-state index in [1.54, 1.807) is 40.9 Å². The van der Waals surface area contributed by atoms with Crippen LogP contribution in [0, 0.1) is 5.82 Å². The Morgan fingerprint density at radius 1 is 1.08 bits per heavy atom. The van der Waals surface area contributed by atoms with Crippen LogP contribution in [0.2, 0.25) is 5.02 Å². The normalized spacial score (nSPS) is 11.0. The second-order valence-electron chi connectivity index (χ2n) is 5.70. The molecule has 0 unspecified atom stereocenters. The van der Waals surface area contributed by atoms with E-state index in [2.05, 4.69) is 20.6 Å². The maximum atomic E-state index is 13.3. The first-order valence-corrected chi connectivity index (χ1v) is 8.17. The number of aromatic hydroxyl groups is 1. The molecule has 0 radical (unpaired) electrons. The monoisotopic (exact) mass is 369 g/mol. The number of phenolic OH excluding ortho intramolecular Hbond substituents is 1. The Morgan fingerprint density at radius 3 is 2.77 bits per heavy atom. The summed E-state index contributed by atoms with van der Waals surface area (Å²) in [6.45, 7) is 0. The highest BCUT2D eigenvalue weighted by molar-refractivity contribution is 6.32. The highest BCUT2D eigenvalue weighted by atomic mass is 35.5. The van der Waals surface area contributed by atoms with Crippen molar-refractivity contribution in [2.24, 2.45) is 0 Å². The predicted molar refractivity (Wildman–Crippen MR) is 96.4 cm³/mol. The molecule has 6 nitrogen and oxygen atoms in total. The molecule has 0 bridgehead atoms. The molecule has 0 aliphatic rings. The zero-order valence-corrected chi connectivity index (χ0v) is 14.2. The van der Waals surface area contributed by atoms with Crippen LogP contribution in [0.1, 0.15) is 11.4 Å². The van der Waals surface area contributed by atoms with Crippen LogP contribution in [0.4, 0.5) is 15.9 Å². The molecule has 0 fully saturated rings. The van der Waals surface area contributed by atoms with Gasteiger partial charge in [-0.3, -0.25) is 0 Å². The Hall–Kier alpha value is -3.19. The molecule has 8 heteroatoms. The van der Waals surface area contributed by atoms with E-state index >= 15 is 0 Å². The van der Waals surface area contributed by atoms with Crippen LogP contribution in [0.5, 0.6) is 5.75 Å². The van der Waals surface area contributed by atoms with Gasteiger partial charge in [-0.2, -0.15) is 4.52 Å². The molecule has 2 heterocycles. The van der Waals surface area contributed by atoms with E-state index in [0.717, 1.165) is 5.56 Å². The van der Waals surface area contributed by atoms with Gasteiger partial charge in [0.15, 0.2) is 17.3 Å². The highest BCUT2D eigenvalue weighted by Gasteiger charge is 2.10. The first-order chi connectivity index (χ1) is 12.6. The van der Waals surface area contributed by atoms with Crippen molar-refractivity contribution in [2.75, 3.05) is 5.32 Å². The van der Waals surface area contributed by atoms with Crippen molar-refractivity contribution in [1.82, 2.24) is 19.8 Å². The second kappa shape index (κ2) is 6.61. The third-order valence-electron chi connectivity index (χ3n) is 3.80. The molecule has 0 amide bonds. The third-order valence-corrected chi connectivity index (χ3v) is 4.10. The van der Waals surface area contributed by atoms with Crippen LogP contribution in [0.25, 0.3) is 5.65 Å². The van der Waals surface area contributed by atoms with Gasteiger partial charge in [-0.1, -0.05) is 23.7 Å². The van der Waals surface area contributed by atoms with Crippen molar-refractivity contribution in [3.05, 3.63) is 76.8 Å². The number of nitrogens with zero attached hydrogens (tertiary/aromatic N) is 4. The lowest BCUT2D eigenvalue weighted by molar-refractivity contribution is 0.475. The standard InChI is InChI=1S/C18H13ClFN5O/c19-14-8-11(4-5-15(14)26)9-18-23-22-17-7-6-16(24-25(17)18)21-13-3-1-2-12(20)10-13/h1-8,10,26H,9H2,(H,21,24). The summed E-state index contributed by atoms with van der Waals surface area (Å²) in [5, 5.41) is 25.6. The van der Waals surface area contributed by atoms with Crippen molar-refractivity contribution < 1.29 is 9.50 Å². The highest BCUT2D eigenvalue weighted by Crippen LogP contribution is 2.25. The number of benzene rings is 2. The molecular weight excluding hydrogens is 357 g/mol. The topological polar surface area (TPSA) is 75.3 Å². The van der Waals surface area contributed by atoms with Crippen LogP contribution in [0.15, 0.2) is 54.6 Å². The number of halogens is 2. The minimum absolute atomic E-state index is 0.0289. The Balaban J connectivity index is 1.64. The fourth-order valence-corrected chi connectivity index (χ4v) is 2.77. The molecule has 0 aliphatic carbocycles. The molecule has 2 aromatic heterocycles. The number of fused-ring (bicyclic) bond motifs is 1. The van der Waals surface area contributed by atoms with Gasteiger partial charge in [-0.25, -0.2) is 4.39 Å². The smallest absolute Gasteiger partial charge is 0.178 e. The third kappa shape index (κ3) is 3.29. The summed E-state index contributed by atoms with van der Waals surface area (Å²) >= 11 is 5.95. The Kier molecular flexibility index (Phi) is 4.14. The average Bonchev–Trinajstić information content (AvgIpc) is 3.01. The Labute approximate surface area is 152 Å². The largest absolute Gasteiger partial charge is 0.506 e. The van der Waals surface area contributed by atoms with E-state index < -0.39 is 0 Å². The van der Waals surface area contributed by atoms with Crippen LogP contribution in [0.3, 0.4) is 0 Å². The van der Waals surface area contributed by atoms with E-state index in [-0.39, 0.29) is 16.6 Å². The molecule has 0 aliphatic heterocycles. The number of phenols is 1. The number of anilines is 2. The van der Waals surface area contributed by atoms with Crippen LogP contribution in [-0.4, -0.2) is 24.9 Å². The molecule has 4 rings (SSSR count). The van der Waals surface area contributed by atoms with E-state index in [1.807, 2.05) is 0 Å². The number of hydrogen-bond acceptors (Lipinski definition) is 5. The van der Waals surface area contributed by atoms with Gasteiger partial charge in [0.2, 0.25) is 0 Å². The van der Waals surface area contributed by atoms with Crippen molar-refractivity contribution in [1.29, 1.82) is 0 Å². The minimum atomic E-state index is -0.328. The molecule has 2 aromatic carbocycles. The van der Waals surface area contributed by atoms with Crippen molar-refractivity contribution in [2.45, 2.75) is 6.42 Å². The second-order valence-corrected chi connectivity index (χ2v) is 6.11. The molecular formula is C18H13ClFN5O. The molecule has 0 spiro atoms. The predicted octanol–water partition coefficient (Wildman–Crippen LogP) is 3.96. The van der Waals surface area contributed by atoms with E-state index in [9.17, 15) is 9.50 Å². The summed E-state index contributed by atoms with van der Waals surface area (Å²) in [6, 6.07) is 14.6. The lowest BCUT2D eigenvalue weighted by atomic mass is 10.1. The zero-order chi connectivity index (χ0) is 18.1. The average molecular weight is 370 g/mol. The van der Waals surface area contributed by atoms with E-state index in [4.69, 9.17) is 11.6 Å². The van der Waals surface area contributed by atoms with Gasteiger partial charge in [0, 0.05) is 12.1 Å². The molecule has 26 heavy (non-hydrogen) atoms. The molecule has 2 N–H and O–H groups in total. The Morgan fingerprint density at radius 2 is 1.96 bits per heavy atom. The molecule has 4 aromatic rings. The quantitative estimate of drug-likeness (QED) is 0.569. The van der Waals surface area contributed by atoms with Crippen LogP contribution >= 0.6 is 11.6 Å². The SMILES string of the molecule is Oc1ccc(Cc2nnc3ccc(Nc4cccc(F)c4)nn23)cc1Cl. The number of aromatic nitrogens is 4. The molecule has 0 atom stereocenters.